The summed E-state index contributed by atoms with van der Waals surface area (Å²) in [7, 11) is 0. The van der Waals surface area contributed by atoms with Crippen LogP contribution in [0.25, 0.3) is 0 Å². The van der Waals surface area contributed by atoms with E-state index in [0.717, 1.165) is 19.0 Å². The molecule has 15 heavy (non-hydrogen) atoms. The minimum atomic E-state index is 0.215. The Bertz CT molecular complexity index is 210. The highest BCUT2D eigenvalue weighted by atomic mass is 16.1. The average Bonchev–Trinajstić information content (AvgIpc) is 3.04. The highest BCUT2D eigenvalue weighted by Gasteiger charge is 2.22. The molecular formula is C12H22N2O. The summed E-state index contributed by atoms with van der Waals surface area (Å²) in [6.07, 6.45) is 8.55. The fraction of sp³-hybridized carbons (Fsp3) is 0.917. The second-order valence-corrected chi connectivity index (χ2v) is 4.93. The monoisotopic (exact) mass is 210 g/mol. The molecule has 0 aromatic rings. The quantitative estimate of drug-likeness (QED) is 0.595. The van der Waals surface area contributed by atoms with Crippen molar-refractivity contribution < 1.29 is 4.79 Å². The summed E-state index contributed by atoms with van der Waals surface area (Å²) in [5.41, 5.74) is 0. The third-order valence-corrected chi connectivity index (χ3v) is 3.13. The van der Waals surface area contributed by atoms with E-state index in [1.165, 1.54) is 38.5 Å². The zero-order valence-electron chi connectivity index (χ0n) is 9.43. The first kappa shape index (κ1) is 10.9. The lowest BCUT2D eigenvalue weighted by molar-refractivity contribution is -0.121. The molecule has 1 amide bonds. The summed E-state index contributed by atoms with van der Waals surface area (Å²) in [5, 5.41) is 6.33. The van der Waals surface area contributed by atoms with Crippen molar-refractivity contribution in [2.75, 3.05) is 13.1 Å². The number of hydrogen-bond donors (Lipinski definition) is 2. The molecule has 2 fully saturated rings. The van der Waals surface area contributed by atoms with Gasteiger partial charge in [0.1, 0.15) is 0 Å². The summed E-state index contributed by atoms with van der Waals surface area (Å²) < 4.78 is 0. The number of amides is 1. The normalized spacial score (nSPS) is 20.3. The van der Waals surface area contributed by atoms with Crippen LogP contribution in [0.1, 0.15) is 44.9 Å². The van der Waals surface area contributed by atoms with Crippen molar-refractivity contribution in [1.82, 2.24) is 10.6 Å². The predicted octanol–water partition coefficient (Wildman–Crippen LogP) is 1.43. The van der Waals surface area contributed by atoms with Gasteiger partial charge in [0.2, 0.25) is 5.91 Å². The number of hydrogen-bond acceptors (Lipinski definition) is 2. The van der Waals surface area contributed by atoms with E-state index in [9.17, 15) is 4.79 Å². The van der Waals surface area contributed by atoms with E-state index in [1.807, 2.05) is 0 Å². The van der Waals surface area contributed by atoms with E-state index in [1.54, 1.807) is 0 Å². The summed E-state index contributed by atoms with van der Waals surface area (Å²) in [4.78, 5) is 11.3. The van der Waals surface area contributed by atoms with Gasteiger partial charge in [-0.2, -0.15) is 0 Å². The molecule has 0 unspecified atom stereocenters. The van der Waals surface area contributed by atoms with Gasteiger partial charge in [-0.15, -0.1) is 0 Å². The van der Waals surface area contributed by atoms with Crippen LogP contribution in [0.3, 0.4) is 0 Å². The maximum atomic E-state index is 11.3. The largest absolute Gasteiger partial charge is 0.353 e. The summed E-state index contributed by atoms with van der Waals surface area (Å²) >= 11 is 0. The summed E-state index contributed by atoms with van der Waals surface area (Å²) in [6.45, 7) is 1.91. The highest BCUT2D eigenvalue weighted by molar-refractivity contribution is 5.76. The molecule has 2 rings (SSSR count). The molecule has 0 aromatic heterocycles. The minimum absolute atomic E-state index is 0.215. The Morgan fingerprint density at radius 2 is 1.93 bits per heavy atom. The van der Waals surface area contributed by atoms with Gasteiger partial charge in [0.15, 0.2) is 0 Å². The van der Waals surface area contributed by atoms with Gasteiger partial charge in [-0.3, -0.25) is 4.79 Å². The van der Waals surface area contributed by atoms with Crippen LogP contribution < -0.4 is 10.6 Å². The van der Waals surface area contributed by atoms with Crippen molar-refractivity contribution in [1.29, 1.82) is 0 Å². The van der Waals surface area contributed by atoms with Crippen LogP contribution in [-0.2, 0) is 4.79 Å². The molecule has 0 radical (unpaired) electrons. The summed E-state index contributed by atoms with van der Waals surface area (Å²) in [6, 6.07) is 0.507. The highest BCUT2D eigenvalue weighted by Crippen LogP contribution is 2.33. The molecule has 0 aromatic carbocycles. The molecule has 86 valence electrons. The third kappa shape index (κ3) is 5.17. The van der Waals surface area contributed by atoms with Gasteiger partial charge in [-0.25, -0.2) is 0 Å². The van der Waals surface area contributed by atoms with Gasteiger partial charge in [0, 0.05) is 19.0 Å². The molecule has 2 saturated carbocycles. The van der Waals surface area contributed by atoms with Crippen LogP contribution in [0.2, 0.25) is 0 Å². The Kier molecular flexibility index (Phi) is 4.01. The lowest BCUT2D eigenvalue weighted by Gasteiger charge is -2.05. The number of carbonyl (C=O) groups is 1. The number of carbonyl (C=O) groups excluding carboxylic acids is 1. The van der Waals surface area contributed by atoms with Crippen molar-refractivity contribution in [3.8, 4) is 0 Å². The maximum absolute atomic E-state index is 11.3. The van der Waals surface area contributed by atoms with Gasteiger partial charge < -0.3 is 10.6 Å². The average molecular weight is 210 g/mol. The molecule has 0 spiro atoms. The smallest absolute Gasteiger partial charge is 0.221 e. The molecule has 3 heteroatoms. The fourth-order valence-corrected chi connectivity index (χ4v) is 1.78. The first-order valence-electron chi connectivity index (χ1n) is 6.34. The maximum Gasteiger partial charge on any atom is 0.221 e. The molecule has 2 aliphatic carbocycles. The number of nitrogens with one attached hydrogen (secondary N) is 2. The van der Waals surface area contributed by atoms with E-state index in [2.05, 4.69) is 10.6 Å². The Hall–Kier alpha value is -0.570. The first-order chi connectivity index (χ1) is 7.34. The zero-order valence-corrected chi connectivity index (χ0v) is 9.43. The van der Waals surface area contributed by atoms with E-state index >= 15 is 0 Å². The topological polar surface area (TPSA) is 41.1 Å². The van der Waals surface area contributed by atoms with Gasteiger partial charge in [-0.05, 0) is 38.1 Å². The molecule has 0 aliphatic heterocycles. The Balaban J connectivity index is 1.35. The van der Waals surface area contributed by atoms with Crippen molar-refractivity contribution >= 4 is 5.91 Å². The fourth-order valence-electron chi connectivity index (χ4n) is 1.78. The number of rotatable bonds is 8. The lowest BCUT2D eigenvalue weighted by Crippen LogP contribution is -2.29. The molecule has 0 bridgehead atoms. The second-order valence-electron chi connectivity index (χ2n) is 4.93. The van der Waals surface area contributed by atoms with Gasteiger partial charge in [-0.1, -0.05) is 12.8 Å². The van der Waals surface area contributed by atoms with E-state index in [-0.39, 0.29) is 5.91 Å². The first-order valence-corrected chi connectivity index (χ1v) is 6.34. The van der Waals surface area contributed by atoms with Crippen molar-refractivity contribution in [2.24, 2.45) is 5.92 Å². The van der Waals surface area contributed by atoms with Crippen molar-refractivity contribution in [2.45, 2.75) is 51.0 Å². The second kappa shape index (κ2) is 5.50. The molecule has 2 aliphatic rings. The van der Waals surface area contributed by atoms with Crippen LogP contribution in [0, 0.1) is 5.92 Å². The van der Waals surface area contributed by atoms with Crippen LogP contribution >= 0.6 is 0 Å². The molecule has 0 saturated heterocycles. The van der Waals surface area contributed by atoms with E-state index in [4.69, 9.17) is 0 Å². The standard InChI is InChI=1S/C12H22N2O/c15-12(14-11-5-6-11)7-9-13-8-1-2-10-3-4-10/h10-11,13H,1-9H2,(H,14,15). The third-order valence-electron chi connectivity index (χ3n) is 3.13. The summed E-state index contributed by atoms with van der Waals surface area (Å²) in [5.74, 6) is 1.25. The minimum Gasteiger partial charge on any atom is -0.353 e. The predicted molar refractivity (Wildman–Crippen MR) is 60.6 cm³/mol. The molecule has 2 N–H and O–H groups in total. The Morgan fingerprint density at radius 1 is 1.13 bits per heavy atom. The van der Waals surface area contributed by atoms with E-state index in [0.29, 0.717) is 12.5 Å². The van der Waals surface area contributed by atoms with Crippen molar-refractivity contribution in [3.05, 3.63) is 0 Å². The van der Waals surface area contributed by atoms with Crippen LogP contribution in [0.4, 0.5) is 0 Å². The van der Waals surface area contributed by atoms with Gasteiger partial charge >= 0.3 is 0 Å². The van der Waals surface area contributed by atoms with Crippen LogP contribution in [0.5, 0.6) is 0 Å². The van der Waals surface area contributed by atoms with Crippen LogP contribution in [0.15, 0.2) is 0 Å². The SMILES string of the molecule is O=C(CCNCCCC1CC1)NC1CC1. The molecule has 0 atom stereocenters. The van der Waals surface area contributed by atoms with Crippen molar-refractivity contribution in [3.63, 3.8) is 0 Å². The lowest BCUT2D eigenvalue weighted by atomic mass is 10.2. The molecular weight excluding hydrogens is 188 g/mol. The Labute approximate surface area is 92.0 Å². The van der Waals surface area contributed by atoms with Gasteiger partial charge in [0.05, 0.1) is 0 Å². The molecule has 0 heterocycles. The van der Waals surface area contributed by atoms with Gasteiger partial charge in [0.25, 0.3) is 0 Å². The Morgan fingerprint density at radius 3 is 2.60 bits per heavy atom. The van der Waals surface area contributed by atoms with Crippen LogP contribution in [-0.4, -0.2) is 25.0 Å². The van der Waals surface area contributed by atoms with E-state index < -0.39 is 0 Å². The zero-order chi connectivity index (χ0) is 10.5. The molecule has 3 nitrogen and oxygen atoms in total.